The first-order valence-electron chi connectivity index (χ1n) is 7.20. The summed E-state index contributed by atoms with van der Waals surface area (Å²) in [4.78, 5) is 17.3. The van der Waals surface area contributed by atoms with E-state index in [0.717, 1.165) is 6.07 Å². The summed E-state index contributed by atoms with van der Waals surface area (Å²) in [7, 11) is 1.52. The first kappa shape index (κ1) is 17.7. The van der Waals surface area contributed by atoms with Gasteiger partial charge in [-0.1, -0.05) is 6.07 Å². The smallest absolute Gasteiger partial charge is 0.396 e. The van der Waals surface area contributed by atoms with Crippen molar-refractivity contribution >= 4 is 5.91 Å². The average Bonchev–Trinajstić information content (AvgIpc) is 2.92. The second-order valence-electron chi connectivity index (χ2n) is 5.85. The molecule has 2 heterocycles. The molecule has 1 atom stereocenters. The van der Waals surface area contributed by atoms with Gasteiger partial charge in [0.05, 0.1) is 25.3 Å². The number of aliphatic hydroxyl groups is 1. The van der Waals surface area contributed by atoms with Crippen molar-refractivity contribution in [1.82, 2.24) is 9.88 Å². The van der Waals surface area contributed by atoms with Crippen LogP contribution in [0.4, 0.5) is 13.2 Å². The third kappa shape index (κ3) is 4.20. The molecule has 2 rings (SSSR count). The summed E-state index contributed by atoms with van der Waals surface area (Å²) >= 11 is 0. The molecular formula is C15H19F3N2O3. The highest BCUT2D eigenvalue weighted by Crippen LogP contribution is 2.31. The normalized spacial score (nSPS) is 21.7. The fourth-order valence-electron chi connectivity index (χ4n) is 2.75. The van der Waals surface area contributed by atoms with Crippen LogP contribution in [0, 0.1) is 5.41 Å². The highest BCUT2D eigenvalue weighted by molar-refractivity contribution is 5.78. The molecule has 0 aliphatic carbocycles. The van der Waals surface area contributed by atoms with Crippen LogP contribution in [-0.4, -0.2) is 54.3 Å². The van der Waals surface area contributed by atoms with Gasteiger partial charge in [-0.15, -0.1) is 0 Å². The minimum atomic E-state index is -4.53. The molecule has 0 spiro atoms. The van der Waals surface area contributed by atoms with Gasteiger partial charge in [0.1, 0.15) is 5.69 Å². The predicted octanol–water partition coefficient (Wildman–Crippen LogP) is 1.50. The summed E-state index contributed by atoms with van der Waals surface area (Å²) in [6.07, 6.45) is -4.13. The summed E-state index contributed by atoms with van der Waals surface area (Å²) in [5, 5.41) is 9.51. The Labute approximate surface area is 132 Å². The number of hydrogen-bond donors (Lipinski definition) is 1. The molecule has 1 N–H and O–H groups in total. The summed E-state index contributed by atoms with van der Waals surface area (Å²) in [5.74, 6) is -0.303. The Balaban J connectivity index is 2.03. The van der Waals surface area contributed by atoms with Crippen molar-refractivity contribution < 1.29 is 27.8 Å². The number of likely N-dealkylation sites (tertiary alicyclic amines) is 1. The van der Waals surface area contributed by atoms with Crippen molar-refractivity contribution in [2.45, 2.75) is 19.0 Å². The maximum atomic E-state index is 12.6. The molecular weight excluding hydrogens is 313 g/mol. The van der Waals surface area contributed by atoms with Gasteiger partial charge in [-0.2, -0.15) is 13.2 Å². The SMILES string of the molecule is COCC1(CO)CCN(C(=O)Cc2cccc(C(F)(F)F)n2)C1. The van der Waals surface area contributed by atoms with E-state index >= 15 is 0 Å². The quantitative estimate of drug-likeness (QED) is 0.888. The lowest BCUT2D eigenvalue weighted by Gasteiger charge is -2.26. The number of nitrogens with zero attached hydrogens (tertiary/aromatic N) is 2. The van der Waals surface area contributed by atoms with E-state index < -0.39 is 17.3 Å². The number of pyridine rings is 1. The van der Waals surface area contributed by atoms with Crippen LogP contribution in [0.5, 0.6) is 0 Å². The first-order chi connectivity index (χ1) is 10.8. The Hall–Kier alpha value is -1.67. The molecule has 1 unspecified atom stereocenters. The van der Waals surface area contributed by atoms with Crippen molar-refractivity contribution in [3.05, 3.63) is 29.6 Å². The summed E-state index contributed by atoms with van der Waals surface area (Å²) in [6.45, 7) is 0.998. The van der Waals surface area contributed by atoms with Crippen LogP contribution >= 0.6 is 0 Å². The Morgan fingerprint density at radius 2 is 2.22 bits per heavy atom. The van der Waals surface area contributed by atoms with Gasteiger partial charge in [0.25, 0.3) is 0 Å². The van der Waals surface area contributed by atoms with Gasteiger partial charge in [-0.3, -0.25) is 4.79 Å². The maximum absolute atomic E-state index is 12.6. The zero-order valence-electron chi connectivity index (χ0n) is 12.8. The fourth-order valence-corrected chi connectivity index (χ4v) is 2.75. The molecule has 0 radical (unpaired) electrons. The molecule has 1 saturated heterocycles. The van der Waals surface area contributed by atoms with Gasteiger partial charge in [0.2, 0.25) is 5.91 Å². The number of methoxy groups -OCH3 is 1. The lowest BCUT2D eigenvalue weighted by atomic mass is 9.89. The highest BCUT2D eigenvalue weighted by Gasteiger charge is 2.39. The Kier molecular flexibility index (Phi) is 5.26. The topological polar surface area (TPSA) is 62.7 Å². The number of ether oxygens (including phenoxy) is 1. The second kappa shape index (κ2) is 6.84. The maximum Gasteiger partial charge on any atom is 0.433 e. The third-order valence-electron chi connectivity index (χ3n) is 4.01. The van der Waals surface area contributed by atoms with E-state index in [1.54, 1.807) is 0 Å². The van der Waals surface area contributed by atoms with Crippen LogP contribution in [0.3, 0.4) is 0 Å². The van der Waals surface area contributed by atoms with E-state index in [1.165, 1.54) is 24.1 Å². The molecule has 0 bridgehead atoms. The number of aromatic nitrogens is 1. The fraction of sp³-hybridized carbons (Fsp3) is 0.600. The van der Waals surface area contributed by atoms with Gasteiger partial charge >= 0.3 is 6.18 Å². The van der Waals surface area contributed by atoms with Gasteiger partial charge in [-0.05, 0) is 18.6 Å². The number of amides is 1. The lowest BCUT2D eigenvalue weighted by molar-refractivity contribution is -0.141. The molecule has 1 amide bonds. The van der Waals surface area contributed by atoms with Crippen molar-refractivity contribution in [1.29, 1.82) is 0 Å². The third-order valence-corrected chi connectivity index (χ3v) is 4.01. The van der Waals surface area contributed by atoms with Gasteiger partial charge in [0, 0.05) is 25.6 Å². The summed E-state index contributed by atoms with van der Waals surface area (Å²) in [6, 6.07) is 3.52. The van der Waals surface area contributed by atoms with E-state index in [9.17, 15) is 23.1 Å². The Bertz CT molecular complexity index is 565. The largest absolute Gasteiger partial charge is 0.433 e. The van der Waals surface area contributed by atoms with Crippen LogP contribution in [-0.2, 0) is 22.1 Å². The number of halogens is 3. The molecule has 1 aromatic heterocycles. The van der Waals surface area contributed by atoms with Crippen molar-refractivity contribution in [2.75, 3.05) is 33.4 Å². The number of carbonyl (C=O) groups excluding carboxylic acids is 1. The van der Waals surface area contributed by atoms with Crippen LogP contribution in [0.15, 0.2) is 18.2 Å². The number of hydrogen-bond acceptors (Lipinski definition) is 4. The zero-order chi connectivity index (χ0) is 17.1. The van der Waals surface area contributed by atoms with E-state index in [4.69, 9.17) is 4.74 Å². The molecule has 5 nitrogen and oxygen atoms in total. The van der Waals surface area contributed by atoms with Gasteiger partial charge in [-0.25, -0.2) is 4.98 Å². The van der Waals surface area contributed by atoms with E-state index in [1.807, 2.05) is 0 Å². The monoisotopic (exact) mass is 332 g/mol. The molecule has 23 heavy (non-hydrogen) atoms. The van der Waals surface area contributed by atoms with E-state index in [0.29, 0.717) is 26.1 Å². The van der Waals surface area contributed by atoms with E-state index in [-0.39, 0.29) is 24.6 Å². The van der Waals surface area contributed by atoms with Gasteiger partial charge in [0.15, 0.2) is 0 Å². The molecule has 1 fully saturated rings. The molecule has 8 heteroatoms. The average molecular weight is 332 g/mol. The van der Waals surface area contributed by atoms with Crippen molar-refractivity contribution in [3.8, 4) is 0 Å². The highest BCUT2D eigenvalue weighted by atomic mass is 19.4. The minimum Gasteiger partial charge on any atom is -0.396 e. The molecule has 1 aromatic rings. The van der Waals surface area contributed by atoms with E-state index in [2.05, 4.69) is 4.98 Å². The molecule has 128 valence electrons. The van der Waals surface area contributed by atoms with Crippen LogP contribution in [0.1, 0.15) is 17.8 Å². The zero-order valence-corrected chi connectivity index (χ0v) is 12.8. The number of aliphatic hydroxyl groups excluding tert-OH is 1. The number of rotatable bonds is 5. The second-order valence-corrected chi connectivity index (χ2v) is 5.85. The molecule has 1 aliphatic rings. The van der Waals surface area contributed by atoms with Crippen LogP contribution in [0.2, 0.25) is 0 Å². The summed E-state index contributed by atoms with van der Waals surface area (Å²) < 4.78 is 43.0. The van der Waals surface area contributed by atoms with Crippen LogP contribution in [0.25, 0.3) is 0 Å². The van der Waals surface area contributed by atoms with Crippen molar-refractivity contribution in [2.24, 2.45) is 5.41 Å². The summed E-state index contributed by atoms with van der Waals surface area (Å²) in [5.41, 5.74) is -1.42. The first-order valence-corrected chi connectivity index (χ1v) is 7.20. The molecule has 1 aliphatic heterocycles. The standard InChI is InChI=1S/C15H19F3N2O3/c1-23-10-14(9-21)5-6-20(8-14)13(22)7-11-3-2-4-12(19-11)15(16,17)18/h2-4,21H,5-10H2,1H3. The number of carbonyl (C=O) groups is 1. The van der Waals surface area contributed by atoms with Gasteiger partial charge < -0.3 is 14.7 Å². The molecule has 0 aromatic carbocycles. The Morgan fingerprint density at radius 3 is 2.83 bits per heavy atom. The van der Waals surface area contributed by atoms with Crippen LogP contribution < -0.4 is 0 Å². The minimum absolute atomic E-state index is 0.0815. The Morgan fingerprint density at radius 1 is 1.48 bits per heavy atom. The number of alkyl halides is 3. The molecule has 0 saturated carbocycles. The predicted molar refractivity (Wildman–Crippen MR) is 75.5 cm³/mol. The van der Waals surface area contributed by atoms with Crippen molar-refractivity contribution in [3.63, 3.8) is 0 Å². The lowest BCUT2D eigenvalue weighted by Crippen LogP contribution is -2.37.